The summed E-state index contributed by atoms with van der Waals surface area (Å²) in [5, 5.41) is 2.71. The van der Waals surface area contributed by atoms with Crippen LogP contribution in [-0.4, -0.2) is 30.8 Å². The number of hydrogen-bond donors (Lipinski definition) is 1. The Labute approximate surface area is 164 Å². The third-order valence-electron chi connectivity index (χ3n) is 5.35. The molecule has 144 valence electrons. The summed E-state index contributed by atoms with van der Waals surface area (Å²) in [4.78, 5) is 40.4. The van der Waals surface area contributed by atoms with E-state index < -0.39 is 0 Å². The van der Waals surface area contributed by atoms with Crippen molar-refractivity contribution in [2.75, 3.05) is 28.2 Å². The highest BCUT2D eigenvalue weighted by Crippen LogP contribution is 2.32. The lowest BCUT2D eigenvalue weighted by atomic mass is 9.99. The lowest BCUT2D eigenvalue weighted by molar-refractivity contribution is -0.124. The summed E-state index contributed by atoms with van der Waals surface area (Å²) >= 11 is 0. The van der Waals surface area contributed by atoms with Crippen molar-refractivity contribution in [2.24, 2.45) is 5.92 Å². The maximum atomic E-state index is 13.2. The molecule has 2 aliphatic heterocycles. The minimum Gasteiger partial charge on any atom is -0.326 e. The molecule has 1 atom stereocenters. The summed E-state index contributed by atoms with van der Waals surface area (Å²) < 4.78 is 0. The van der Waals surface area contributed by atoms with E-state index in [0.29, 0.717) is 18.8 Å². The summed E-state index contributed by atoms with van der Waals surface area (Å²) in [7, 11) is 0. The third-order valence-corrected chi connectivity index (χ3v) is 5.35. The molecule has 3 amide bonds. The number of nitrogens with one attached hydrogen (secondary N) is 1. The van der Waals surface area contributed by atoms with Gasteiger partial charge in [0.15, 0.2) is 0 Å². The van der Waals surface area contributed by atoms with Gasteiger partial charge in [0.2, 0.25) is 17.7 Å². The Morgan fingerprint density at radius 3 is 2.57 bits per heavy atom. The SMILES string of the molecule is CC(=O)Nc1ccc(N2CC(C(=O)N3CCCc4ccccc43)CC2=O)cc1. The number of benzene rings is 2. The number of carbonyl (C=O) groups is 3. The zero-order valence-electron chi connectivity index (χ0n) is 15.9. The molecule has 28 heavy (non-hydrogen) atoms. The molecule has 2 heterocycles. The van der Waals surface area contributed by atoms with E-state index in [9.17, 15) is 14.4 Å². The molecular weight excluding hydrogens is 354 g/mol. The van der Waals surface area contributed by atoms with Gasteiger partial charge in [0.25, 0.3) is 0 Å². The number of hydrogen-bond acceptors (Lipinski definition) is 3. The molecule has 1 fully saturated rings. The van der Waals surface area contributed by atoms with Crippen LogP contribution in [-0.2, 0) is 20.8 Å². The van der Waals surface area contributed by atoms with Gasteiger partial charge in [-0.25, -0.2) is 0 Å². The van der Waals surface area contributed by atoms with Gasteiger partial charge < -0.3 is 15.1 Å². The highest BCUT2D eigenvalue weighted by atomic mass is 16.2. The summed E-state index contributed by atoms with van der Waals surface area (Å²) in [5.74, 6) is -0.500. The molecule has 0 aromatic heterocycles. The normalized spacial score (nSPS) is 18.8. The van der Waals surface area contributed by atoms with Crippen molar-refractivity contribution >= 4 is 34.8 Å². The van der Waals surface area contributed by atoms with E-state index in [0.717, 1.165) is 24.2 Å². The lowest BCUT2D eigenvalue weighted by Crippen LogP contribution is -2.40. The predicted octanol–water partition coefficient (Wildman–Crippen LogP) is 2.98. The van der Waals surface area contributed by atoms with Crippen LogP contribution in [0.15, 0.2) is 48.5 Å². The second-order valence-electron chi connectivity index (χ2n) is 7.36. The maximum absolute atomic E-state index is 13.2. The van der Waals surface area contributed by atoms with Gasteiger partial charge in [-0.3, -0.25) is 14.4 Å². The van der Waals surface area contributed by atoms with Gasteiger partial charge in [-0.15, -0.1) is 0 Å². The van der Waals surface area contributed by atoms with Gasteiger partial charge in [-0.1, -0.05) is 18.2 Å². The second-order valence-corrected chi connectivity index (χ2v) is 7.36. The van der Waals surface area contributed by atoms with Crippen molar-refractivity contribution in [3.63, 3.8) is 0 Å². The Kier molecular flexibility index (Phi) is 4.86. The molecule has 2 aromatic carbocycles. The Hall–Kier alpha value is -3.15. The van der Waals surface area contributed by atoms with Gasteiger partial charge >= 0.3 is 0 Å². The van der Waals surface area contributed by atoms with Gasteiger partial charge in [0, 0.05) is 43.5 Å². The standard InChI is InChI=1S/C22H23N3O3/c1-15(26)23-18-8-10-19(11-9-18)25-14-17(13-21(25)27)22(28)24-12-4-6-16-5-2-3-7-20(16)24/h2-3,5,7-11,17H,4,6,12-14H2,1H3,(H,23,26). The van der Waals surface area contributed by atoms with Crippen LogP contribution in [0, 0.1) is 5.92 Å². The average Bonchev–Trinajstić information content (AvgIpc) is 3.09. The van der Waals surface area contributed by atoms with E-state index in [1.165, 1.54) is 12.5 Å². The van der Waals surface area contributed by atoms with Crippen LogP contribution in [0.2, 0.25) is 0 Å². The van der Waals surface area contributed by atoms with Crippen LogP contribution < -0.4 is 15.1 Å². The van der Waals surface area contributed by atoms with Crippen molar-refractivity contribution in [2.45, 2.75) is 26.2 Å². The molecular formula is C22H23N3O3. The monoisotopic (exact) mass is 377 g/mol. The first-order valence-corrected chi connectivity index (χ1v) is 9.60. The number of rotatable bonds is 3. The first kappa shape index (κ1) is 18.2. The Balaban J connectivity index is 1.49. The van der Waals surface area contributed by atoms with Crippen LogP contribution >= 0.6 is 0 Å². The molecule has 4 rings (SSSR count). The van der Waals surface area contributed by atoms with Crippen LogP contribution in [0.3, 0.4) is 0 Å². The van der Waals surface area contributed by atoms with Crippen molar-refractivity contribution in [1.82, 2.24) is 0 Å². The fourth-order valence-corrected chi connectivity index (χ4v) is 4.03. The zero-order chi connectivity index (χ0) is 19.7. The molecule has 6 nitrogen and oxygen atoms in total. The molecule has 6 heteroatoms. The molecule has 1 saturated heterocycles. The minimum atomic E-state index is -0.339. The predicted molar refractivity (Wildman–Crippen MR) is 108 cm³/mol. The topological polar surface area (TPSA) is 69.7 Å². The average molecular weight is 377 g/mol. The van der Waals surface area contributed by atoms with E-state index in [1.54, 1.807) is 29.2 Å². The van der Waals surface area contributed by atoms with Crippen LogP contribution in [0.1, 0.15) is 25.3 Å². The van der Waals surface area contributed by atoms with E-state index in [4.69, 9.17) is 0 Å². The first-order chi connectivity index (χ1) is 13.5. The first-order valence-electron chi connectivity index (χ1n) is 9.60. The van der Waals surface area contributed by atoms with E-state index >= 15 is 0 Å². The van der Waals surface area contributed by atoms with Gasteiger partial charge in [0.05, 0.1) is 5.92 Å². The van der Waals surface area contributed by atoms with Crippen LogP contribution in [0.25, 0.3) is 0 Å². The Morgan fingerprint density at radius 2 is 1.82 bits per heavy atom. The highest BCUT2D eigenvalue weighted by Gasteiger charge is 2.38. The molecule has 1 unspecified atom stereocenters. The number of nitrogens with zero attached hydrogens (tertiary/aromatic N) is 2. The number of anilines is 3. The van der Waals surface area contributed by atoms with E-state index in [-0.39, 0.29) is 30.1 Å². The number of para-hydroxylation sites is 1. The largest absolute Gasteiger partial charge is 0.326 e. The summed E-state index contributed by atoms with van der Waals surface area (Å²) in [6, 6.07) is 15.1. The van der Waals surface area contributed by atoms with Gasteiger partial charge in [-0.2, -0.15) is 0 Å². The number of aryl methyl sites for hydroxylation is 1. The van der Waals surface area contributed by atoms with Crippen LogP contribution in [0.4, 0.5) is 17.1 Å². The molecule has 0 spiro atoms. The fourth-order valence-electron chi connectivity index (χ4n) is 4.03. The van der Waals surface area contributed by atoms with Crippen molar-refractivity contribution in [3.8, 4) is 0 Å². The van der Waals surface area contributed by atoms with Crippen molar-refractivity contribution in [1.29, 1.82) is 0 Å². The zero-order valence-corrected chi connectivity index (χ0v) is 15.9. The smallest absolute Gasteiger partial charge is 0.232 e. The molecule has 0 bridgehead atoms. The van der Waals surface area contributed by atoms with E-state index in [2.05, 4.69) is 11.4 Å². The van der Waals surface area contributed by atoms with Crippen molar-refractivity contribution in [3.05, 3.63) is 54.1 Å². The van der Waals surface area contributed by atoms with Gasteiger partial charge in [-0.05, 0) is 48.7 Å². The molecule has 0 radical (unpaired) electrons. The third kappa shape index (κ3) is 3.50. The molecule has 0 saturated carbocycles. The highest BCUT2D eigenvalue weighted by molar-refractivity contribution is 6.05. The van der Waals surface area contributed by atoms with Crippen molar-refractivity contribution < 1.29 is 14.4 Å². The summed E-state index contributed by atoms with van der Waals surface area (Å²) in [6.45, 7) is 2.54. The molecule has 0 aliphatic carbocycles. The molecule has 2 aromatic rings. The number of carbonyl (C=O) groups excluding carboxylic acids is 3. The quantitative estimate of drug-likeness (QED) is 0.894. The second kappa shape index (κ2) is 7.46. The summed E-state index contributed by atoms with van der Waals surface area (Å²) in [6.07, 6.45) is 2.15. The fraction of sp³-hybridized carbons (Fsp3) is 0.318. The molecule has 1 N–H and O–H groups in total. The summed E-state index contributed by atoms with van der Waals surface area (Å²) in [5.41, 5.74) is 3.59. The minimum absolute atomic E-state index is 0.0258. The van der Waals surface area contributed by atoms with E-state index in [1.807, 2.05) is 23.1 Å². The lowest BCUT2D eigenvalue weighted by Gasteiger charge is -2.31. The molecule has 2 aliphatic rings. The Morgan fingerprint density at radius 1 is 1.07 bits per heavy atom. The van der Waals surface area contributed by atoms with Crippen LogP contribution in [0.5, 0.6) is 0 Å². The maximum Gasteiger partial charge on any atom is 0.232 e. The number of amides is 3. The van der Waals surface area contributed by atoms with Gasteiger partial charge in [0.1, 0.15) is 0 Å². The number of fused-ring (bicyclic) bond motifs is 1. The Bertz CT molecular complexity index is 923.